The monoisotopic (exact) mass is 313 g/mol. The molecule has 1 aliphatic heterocycles. The first-order valence-corrected chi connectivity index (χ1v) is 8.46. The molecule has 0 spiro atoms. The summed E-state index contributed by atoms with van der Waals surface area (Å²) in [6, 6.07) is 4.79. The quantitative estimate of drug-likeness (QED) is 0.857. The molecule has 1 aromatic rings. The average molecular weight is 313 g/mol. The van der Waals surface area contributed by atoms with Crippen LogP contribution in [-0.4, -0.2) is 40.0 Å². The van der Waals surface area contributed by atoms with E-state index in [-0.39, 0.29) is 10.3 Å². The van der Waals surface area contributed by atoms with E-state index in [0.717, 1.165) is 12.8 Å². The van der Waals surface area contributed by atoms with E-state index in [9.17, 15) is 8.42 Å². The fraction of sp³-hybridized carbons (Fsp3) is 0.600. The summed E-state index contributed by atoms with van der Waals surface area (Å²) in [6.07, 6.45) is 1.73. The van der Waals surface area contributed by atoms with Crippen LogP contribution in [0.2, 0.25) is 0 Å². The van der Waals surface area contributed by atoms with Gasteiger partial charge < -0.3 is 9.47 Å². The molecular formula is C15H23NO4S. The van der Waals surface area contributed by atoms with Gasteiger partial charge in [-0.2, -0.15) is 4.31 Å². The molecule has 0 amide bonds. The summed E-state index contributed by atoms with van der Waals surface area (Å²) in [5.41, 5.74) is 0.204. The SMILES string of the molecule is COc1ccc(S(=O)(=O)N2CCC(C)(C)CC2)c(OC)c1. The number of hydrogen-bond acceptors (Lipinski definition) is 4. The van der Waals surface area contributed by atoms with Crippen LogP contribution in [0.3, 0.4) is 0 Å². The van der Waals surface area contributed by atoms with Crippen LogP contribution in [0.1, 0.15) is 26.7 Å². The highest BCUT2D eigenvalue weighted by Gasteiger charge is 2.34. The van der Waals surface area contributed by atoms with Gasteiger partial charge in [0.15, 0.2) is 0 Å². The van der Waals surface area contributed by atoms with Gasteiger partial charge in [0, 0.05) is 19.2 Å². The first-order valence-electron chi connectivity index (χ1n) is 7.02. The van der Waals surface area contributed by atoms with Crippen molar-refractivity contribution in [3.8, 4) is 11.5 Å². The molecule has 2 rings (SSSR count). The van der Waals surface area contributed by atoms with Crippen molar-refractivity contribution in [3.05, 3.63) is 18.2 Å². The molecule has 0 aromatic heterocycles. The van der Waals surface area contributed by atoms with Crippen LogP contribution < -0.4 is 9.47 Å². The number of ether oxygens (including phenoxy) is 2. The Kier molecular flexibility index (Phi) is 4.49. The van der Waals surface area contributed by atoms with Crippen LogP contribution in [0, 0.1) is 5.41 Å². The Hall–Kier alpha value is -1.27. The molecule has 0 bridgehead atoms. The Morgan fingerprint density at radius 1 is 1.10 bits per heavy atom. The van der Waals surface area contributed by atoms with E-state index in [0.29, 0.717) is 24.6 Å². The standard InChI is InChI=1S/C15H23NO4S/c1-15(2)7-9-16(10-8-15)21(17,18)14-6-5-12(19-3)11-13(14)20-4/h5-6,11H,7-10H2,1-4H3. The molecule has 0 atom stereocenters. The van der Waals surface area contributed by atoms with Gasteiger partial charge in [-0.05, 0) is 30.4 Å². The van der Waals surface area contributed by atoms with Crippen molar-refractivity contribution >= 4 is 10.0 Å². The van der Waals surface area contributed by atoms with E-state index in [1.165, 1.54) is 14.2 Å². The Bertz CT molecular complexity index is 600. The number of methoxy groups -OCH3 is 2. The third kappa shape index (κ3) is 3.32. The first kappa shape index (κ1) is 16.1. The summed E-state index contributed by atoms with van der Waals surface area (Å²) in [5.74, 6) is 0.893. The van der Waals surface area contributed by atoms with Crippen LogP contribution in [0.15, 0.2) is 23.1 Å². The Labute approximate surface area is 126 Å². The summed E-state index contributed by atoms with van der Waals surface area (Å²) >= 11 is 0. The third-order valence-electron chi connectivity index (χ3n) is 4.06. The summed E-state index contributed by atoms with van der Waals surface area (Å²) in [4.78, 5) is 0.200. The predicted molar refractivity (Wildman–Crippen MR) is 81.3 cm³/mol. The molecule has 1 aromatic carbocycles. The van der Waals surface area contributed by atoms with Gasteiger partial charge in [0.1, 0.15) is 16.4 Å². The van der Waals surface area contributed by atoms with Gasteiger partial charge in [0.2, 0.25) is 10.0 Å². The fourth-order valence-electron chi connectivity index (χ4n) is 2.46. The van der Waals surface area contributed by atoms with E-state index in [4.69, 9.17) is 9.47 Å². The zero-order valence-corrected chi connectivity index (χ0v) is 13.9. The maximum Gasteiger partial charge on any atom is 0.246 e. The number of sulfonamides is 1. The molecule has 1 saturated heterocycles. The highest BCUT2D eigenvalue weighted by Crippen LogP contribution is 2.35. The Balaban J connectivity index is 2.32. The zero-order valence-electron chi connectivity index (χ0n) is 13.0. The Morgan fingerprint density at radius 2 is 1.71 bits per heavy atom. The minimum Gasteiger partial charge on any atom is -0.497 e. The lowest BCUT2D eigenvalue weighted by atomic mass is 9.83. The molecule has 1 heterocycles. The highest BCUT2D eigenvalue weighted by atomic mass is 32.2. The van der Waals surface area contributed by atoms with Gasteiger partial charge in [0.05, 0.1) is 14.2 Å². The molecule has 0 N–H and O–H groups in total. The molecule has 118 valence electrons. The van der Waals surface area contributed by atoms with Crippen molar-refractivity contribution in [2.75, 3.05) is 27.3 Å². The lowest BCUT2D eigenvalue weighted by molar-refractivity contribution is 0.195. The van der Waals surface area contributed by atoms with Crippen molar-refractivity contribution in [1.29, 1.82) is 0 Å². The molecular weight excluding hydrogens is 290 g/mol. The van der Waals surface area contributed by atoms with Crippen LogP contribution in [0.25, 0.3) is 0 Å². The van der Waals surface area contributed by atoms with E-state index in [2.05, 4.69) is 13.8 Å². The van der Waals surface area contributed by atoms with Gasteiger partial charge in [-0.3, -0.25) is 0 Å². The maximum atomic E-state index is 12.8. The maximum absolute atomic E-state index is 12.8. The summed E-state index contributed by atoms with van der Waals surface area (Å²) in [6.45, 7) is 5.44. The van der Waals surface area contributed by atoms with E-state index >= 15 is 0 Å². The fourth-order valence-corrected chi connectivity index (χ4v) is 4.04. The van der Waals surface area contributed by atoms with E-state index in [1.807, 2.05) is 0 Å². The van der Waals surface area contributed by atoms with Crippen molar-refractivity contribution in [1.82, 2.24) is 4.31 Å². The van der Waals surface area contributed by atoms with Gasteiger partial charge in [-0.25, -0.2) is 8.42 Å². The second kappa shape index (κ2) is 5.85. The highest BCUT2D eigenvalue weighted by molar-refractivity contribution is 7.89. The third-order valence-corrected chi connectivity index (χ3v) is 6.00. The summed E-state index contributed by atoms with van der Waals surface area (Å²) in [5, 5.41) is 0. The van der Waals surface area contributed by atoms with Gasteiger partial charge in [0.25, 0.3) is 0 Å². The second-order valence-electron chi connectivity index (χ2n) is 6.09. The van der Waals surface area contributed by atoms with E-state index in [1.54, 1.807) is 22.5 Å². The van der Waals surface area contributed by atoms with Crippen molar-refractivity contribution < 1.29 is 17.9 Å². The molecule has 0 saturated carbocycles. The lowest BCUT2D eigenvalue weighted by Gasteiger charge is -2.36. The molecule has 0 aliphatic carbocycles. The van der Waals surface area contributed by atoms with Gasteiger partial charge in [-0.15, -0.1) is 0 Å². The van der Waals surface area contributed by atoms with Gasteiger partial charge >= 0.3 is 0 Å². The number of piperidine rings is 1. The van der Waals surface area contributed by atoms with Crippen LogP contribution in [0.5, 0.6) is 11.5 Å². The number of benzene rings is 1. The molecule has 0 radical (unpaired) electrons. The largest absolute Gasteiger partial charge is 0.497 e. The Morgan fingerprint density at radius 3 is 2.24 bits per heavy atom. The topological polar surface area (TPSA) is 55.8 Å². The van der Waals surface area contributed by atoms with Crippen LogP contribution in [-0.2, 0) is 10.0 Å². The molecule has 1 aliphatic rings. The molecule has 6 heteroatoms. The summed E-state index contributed by atoms with van der Waals surface area (Å²) in [7, 11) is -0.524. The molecule has 5 nitrogen and oxygen atoms in total. The average Bonchev–Trinajstić information content (AvgIpc) is 2.46. The van der Waals surface area contributed by atoms with E-state index < -0.39 is 10.0 Å². The molecule has 0 unspecified atom stereocenters. The summed E-state index contributed by atoms with van der Waals surface area (Å²) < 4.78 is 37.4. The number of hydrogen-bond donors (Lipinski definition) is 0. The van der Waals surface area contributed by atoms with Crippen LogP contribution in [0.4, 0.5) is 0 Å². The number of rotatable bonds is 4. The molecule has 21 heavy (non-hydrogen) atoms. The smallest absolute Gasteiger partial charge is 0.246 e. The number of nitrogens with zero attached hydrogens (tertiary/aromatic N) is 1. The van der Waals surface area contributed by atoms with Crippen LogP contribution >= 0.6 is 0 Å². The van der Waals surface area contributed by atoms with Crippen molar-refractivity contribution in [2.24, 2.45) is 5.41 Å². The normalized spacial score (nSPS) is 19.2. The molecule has 1 fully saturated rings. The minimum absolute atomic E-state index is 0.200. The first-order chi connectivity index (χ1) is 9.80. The van der Waals surface area contributed by atoms with Crippen molar-refractivity contribution in [2.45, 2.75) is 31.6 Å². The predicted octanol–water partition coefficient (Wildman–Crippen LogP) is 2.51. The minimum atomic E-state index is -3.53. The van der Waals surface area contributed by atoms with Crippen molar-refractivity contribution in [3.63, 3.8) is 0 Å². The lowest BCUT2D eigenvalue weighted by Crippen LogP contribution is -2.41. The zero-order chi connectivity index (χ0) is 15.7. The second-order valence-corrected chi connectivity index (χ2v) is 7.99. The van der Waals surface area contributed by atoms with Gasteiger partial charge in [-0.1, -0.05) is 13.8 Å².